The molecule has 3 heterocycles. The number of aliphatic hydroxyl groups excluding tert-OH is 3. The second-order valence-electron chi connectivity index (χ2n) is 9.56. The van der Waals surface area contributed by atoms with Gasteiger partial charge in [0.25, 0.3) is 0 Å². The number of hydrogen-bond donors (Lipinski definition) is 4. The van der Waals surface area contributed by atoms with Crippen LogP contribution in [-0.2, 0) is 11.2 Å². The number of ether oxygens (including phenoxy) is 1. The van der Waals surface area contributed by atoms with E-state index in [1.165, 1.54) is 11.9 Å². The largest absolute Gasteiger partial charge is 0.394 e. The number of likely N-dealkylation sites (N-methyl/N-ethyl adjacent to an activating group) is 1. The van der Waals surface area contributed by atoms with Crippen LogP contribution in [0.3, 0.4) is 0 Å². The van der Waals surface area contributed by atoms with Gasteiger partial charge in [-0.15, -0.1) is 0 Å². The number of hydrogen-bond acceptors (Lipinski definition) is 8. The lowest BCUT2D eigenvalue weighted by atomic mass is 10.1. The minimum atomic E-state index is -1.22. The molecular formula is C29H35N5O4. The highest BCUT2D eigenvalue weighted by Crippen LogP contribution is 2.39. The average molecular weight is 518 g/mol. The quantitative estimate of drug-likeness (QED) is 0.253. The first-order valence-corrected chi connectivity index (χ1v) is 13.2. The molecular weight excluding hydrogens is 482 g/mol. The third kappa shape index (κ3) is 5.16. The first-order chi connectivity index (χ1) is 18.5. The molecule has 1 fully saturated rings. The van der Waals surface area contributed by atoms with Gasteiger partial charge in [-0.05, 0) is 42.8 Å². The van der Waals surface area contributed by atoms with E-state index < -0.39 is 31.1 Å². The Morgan fingerprint density at radius 1 is 0.974 bits per heavy atom. The van der Waals surface area contributed by atoms with Crippen molar-refractivity contribution < 1.29 is 20.1 Å². The van der Waals surface area contributed by atoms with E-state index in [1.54, 1.807) is 4.57 Å². The van der Waals surface area contributed by atoms with E-state index >= 15 is 0 Å². The Balaban J connectivity index is 1.50. The number of benzene rings is 2. The first-order valence-electron chi connectivity index (χ1n) is 13.2. The molecule has 0 amide bonds. The van der Waals surface area contributed by atoms with Crippen molar-refractivity contribution in [2.24, 2.45) is 0 Å². The minimum Gasteiger partial charge on any atom is -0.394 e. The molecule has 2 aromatic heterocycles. The zero-order valence-electron chi connectivity index (χ0n) is 21.7. The molecule has 0 unspecified atom stereocenters. The van der Waals surface area contributed by atoms with Gasteiger partial charge in [0, 0.05) is 24.0 Å². The number of fused-ring (bicyclic) bond motifs is 1. The summed E-state index contributed by atoms with van der Waals surface area (Å²) in [6.45, 7) is 7.09. The van der Waals surface area contributed by atoms with Crippen molar-refractivity contribution in [3.05, 3.63) is 72.7 Å². The van der Waals surface area contributed by atoms with Crippen LogP contribution in [0.15, 0.2) is 67.1 Å². The fourth-order valence-corrected chi connectivity index (χ4v) is 5.04. The number of aliphatic hydroxyl groups is 3. The Kier molecular flexibility index (Phi) is 8.01. The summed E-state index contributed by atoms with van der Waals surface area (Å²) in [6.07, 6.45) is 0.100. The Bertz CT molecular complexity index is 1340. The van der Waals surface area contributed by atoms with E-state index in [1.807, 2.05) is 36.5 Å². The zero-order chi connectivity index (χ0) is 26.6. The Morgan fingerprint density at radius 3 is 2.37 bits per heavy atom. The van der Waals surface area contributed by atoms with E-state index in [9.17, 15) is 15.3 Å². The van der Waals surface area contributed by atoms with E-state index in [4.69, 9.17) is 4.74 Å². The molecule has 9 heteroatoms. The highest BCUT2D eigenvalue weighted by atomic mass is 16.6. The molecule has 4 atom stereocenters. The van der Waals surface area contributed by atoms with Gasteiger partial charge in [0.05, 0.1) is 12.0 Å². The van der Waals surface area contributed by atoms with Crippen molar-refractivity contribution >= 4 is 22.5 Å². The van der Waals surface area contributed by atoms with E-state index in [-0.39, 0.29) is 0 Å². The zero-order valence-corrected chi connectivity index (χ0v) is 21.7. The molecule has 0 radical (unpaired) electrons. The second-order valence-corrected chi connectivity index (χ2v) is 9.56. The summed E-state index contributed by atoms with van der Waals surface area (Å²) in [5.74, 6) is 0.621. The summed E-state index contributed by atoms with van der Waals surface area (Å²) in [5.41, 5.74) is 4.53. The molecule has 0 spiro atoms. The summed E-state index contributed by atoms with van der Waals surface area (Å²) in [7, 11) is 0. The maximum atomic E-state index is 10.7. The predicted molar refractivity (Wildman–Crippen MR) is 147 cm³/mol. The molecule has 0 saturated carbocycles. The van der Waals surface area contributed by atoms with E-state index in [0.29, 0.717) is 11.5 Å². The molecule has 1 aliphatic rings. The van der Waals surface area contributed by atoms with Gasteiger partial charge in [-0.3, -0.25) is 0 Å². The maximum Gasteiger partial charge on any atom is 0.164 e. The first kappa shape index (κ1) is 26.3. The summed E-state index contributed by atoms with van der Waals surface area (Å²) in [5, 5.41) is 34.9. The summed E-state index contributed by atoms with van der Waals surface area (Å²) < 4.78 is 7.55. The molecule has 200 valence electrons. The van der Waals surface area contributed by atoms with Crippen molar-refractivity contribution in [2.45, 2.75) is 44.8 Å². The van der Waals surface area contributed by atoms with Crippen LogP contribution < -0.4 is 5.32 Å². The number of nitrogens with zero attached hydrogens (tertiary/aromatic N) is 4. The van der Waals surface area contributed by atoms with E-state index in [2.05, 4.69) is 58.3 Å². The molecule has 0 bridgehead atoms. The van der Waals surface area contributed by atoms with Gasteiger partial charge >= 0.3 is 0 Å². The monoisotopic (exact) mass is 517 g/mol. The van der Waals surface area contributed by atoms with Crippen LogP contribution in [0.5, 0.6) is 0 Å². The number of anilines is 2. The molecule has 38 heavy (non-hydrogen) atoms. The van der Waals surface area contributed by atoms with Crippen LogP contribution in [0.4, 0.5) is 11.5 Å². The average Bonchev–Trinajstić information content (AvgIpc) is 3.48. The van der Waals surface area contributed by atoms with Crippen LogP contribution in [0.1, 0.15) is 25.6 Å². The van der Waals surface area contributed by atoms with Gasteiger partial charge in [-0.1, -0.05) is 56.3 Å². The van der Waals surface area contributed by atoms with Crippen LogP contribution in [0.2, 0.25) is 0 Å². The van der Waals surface area contributed by atoms with Crippen LogP contribution >= 0.6 is 0 Å². The molecule has 1 saturated heterocycles. The third-order valence-corrected chi connectivity index (χ3v) is 7.31. The predicted octanol–water partition coefficient (Wildman–Crippen LogP) is 3.34. The van der Waals surface area contributed by atoms with Crippen LogP contribution in [0.25, 0.3) is 22.2 Å². The topological polar surface area (TPSA) is 116 Å². The maximum absolute atomic E-state index is 10.7. The number of nitrogens with one attached hydrogen (secondary N) is 1. The lowest BCUT2D eigenvalue weighted by Gasteiger charge is -2.18. The van der Waals surface area contributed by atoms with Crippen molar-refractivity contribution in [2.75, 3.05) is 31.6 Å². The van der Waals surface area contributed by atoms with Crippen LogP contribution in [0, 0.1) is 0 Å². The van der Waals surface area contributed by atoms with Crippen molar-refractivity contribution in [3.8, 4) is 11.1 Å². The molecule has 4 N–H and O–H groups in total. The van der Waals surface area contributed by atoms with Gasteiger partial charge < -0.3 is 34.8 Å². The van der Waals surface area contributed by atoms with Gasteiger partial charge in [0.1, 0.15) is 36.1 Å². The van der Waals surface area contributed by atoms with E-state index in [0.717, 1.165) is 48.3 Å². The highest BCUT2D eigenvalue weighted by Gasteiger charge is 2.44. The molecule has 0 aliphatic carbocycles. The van der Waals surface area contributed by atoms with Gasteiger partial charge in [-0.25, -0.2) is 9.97 Å². The van der Waals surface area contributed by atoms with Crippen molar-refractivity contribution in [1.29, 1.82) is 0 Å². The molecule has 4 aromatic rings. The standard InChI is InChI=1S/C29H35N5O4/c1-3-33(4-2)15-14-19-10-12-21(13-11-19)32-27-24-22(20-8-6-5-7-9-20)16-34(28(24)31-18-30-27)29-26(37)25(36)23(17-35)38-29/h5-13,16,18,23,25-26,29,35-37H,3-4,14-15,17H2,1-2H3,(H,30,31,32)/t23-,25+,26+,29+/m0/s1. The third-order valence-electron chi connectivity index (χ3n) is 7.31. The molecule has 5 rings (SSSR count). The SMILES string of the molecule is CCN(CC)CCc1ccc(Nc2ncnc3c2c(-c2ccccc2)cn3[C@@H]2O[C@@H](CO)[C@@H](O)[C@H]2O)cc1. The normalized spacial score (nSPS) is 21.4. The number of aromatic nitrogens is 3. The Hall–Kier alpha value is -3.34. The lowest BCUT2D eigenvalue weighted by Crippen LogP contribution is -2.33. The molecule has 2 aromatic carbocycles. The summed E-state index contributed by atoms with van der Waals surface area (Å²) >= 11 is 0. The highest BCUT2D eigenvalue weighted by molar-refractivity contribution is 6.02. The Labute approximate surface area is 222 Å². The summed E-state index contributed by atoms with van der Waals surface area (Å²) in [4.78, 5) is 11.5. The lowest BCUT2D eigenvalue weighted by molar-refractivity contribution is -0.0508. The number of rotatable bonds is 10. The smallest absolute Gasteiger partial charge is 0.164 e. The second kappa shape index (κ2) is 11.6. The molecule has 1 aliphatic heterocycles. The Morgan fingerprint density at radius 2 is 1.71 bits per heavy atom. The fraction of sp³-hybridized carbons (Fsp3) is 0.379. The van der Waals surface area contributed by atoms with Crippen LogP contribution in [-0.4, -0.2) is 79.3 Å². The van der Waals surface area contributed by atoms with Crippen molar-refractivity contribution in [1.82, 2.24) is 19.4 Å². The van der Waals surface area contributed by atoms with Crippen molar-refractivity contribution in [3.63, 3.8) is 0 Å². The van der Waals surface area contributed by atoms with Gasteiger partial charge in [0.2, 0.25) is 0 Å². The summed E-state index contributed by atoms with van der Waals surface area (Å²) in [6, 6.07) is 18.2. The fourth-order valence-electron chi connectivity index (χ4n) is 5.04. The van der Waals surface area contributed by atoms with Gasteiger partial charge in [0.15, 0.2) is 6.23 Å². The molecule has 9 nitrogen and oxygen atoms in total. The van der Waals surface area contributed by atoms with Gasteiger partial charge in [-0.2, -0.15) is 0 Å². The minimum absolute atomic E-state index is 0.397.